The van der Waals surface area contributed by atoms with E-state index in [-0.39, 0.29) is 17.3 Å². The molecule has 0 aliphatic rings. The lowest BCUT2D eigenvalue weighted by Gasteiger charge is -1.99. The molecule has 5 nitrogen and oxygen atoms in total. The van der Waals surface area contributed by atoms with Crippen LogP contribution in [0.5, 0.6) is 0 Å². The molecular formula is C11H8ClN3O2S. The molecule has 2 aromatic heterocycles. The molecule has 0 aliphatic heterocycles. The van der Waals surface area contributed by atoms with Gasteiger partial charge in [0.05, 0.1) is 12.3 Å². The molecule has 0 aliphatic carbocycles. The van der Waals surface area contributed by atoms with Gasteiger partial charge in [0.2, 0.25) is 0 Å². The first-order valence-electron chi connectivity index (χ1n) is 5.07. The van der Waals surface area contributed by atoms with Crippen LogP contribution in [-0.2, 0) is 9.53 Å². The van der Waals surface area contributed by atoms with Gasteiger partial charge in [-0.05, 0) is 13.0 Å². The molecule has 0 atom stereocenters. The molecule has 0 aromatic carbocycles. The van der Waals surface area contributed by atoms with Crippen LogP contribution in [0.15, 0.2) is 17.2 Å². The third kappa shape index (κ3) is 2.23. The quantitative estimate of drug-likeness (QED) is 0.492. The van der Waals surface area contributed by atoms with Crippen molar-refractivity contribution in [3.63, 3.8) is 0 Å². The fourth-order valence-electron chi connectivity index (χ4n) is 1.39. The fraction of sp³-hybridized carbons (Fsp3) is 0.182. The van der Waals surface area contributed by atoms with E-state index in [9.17, 15) is 4.79 Å². The van der Waals surface area contributed by atoms with Gasteiger partial charge in [0.1, 0.15) is 11.6 Å². The number of thiazole rings is 1. The molecule has 2 rings (SSSR count). The van der Waals surface area contributed by atoms with Gasteiger partial charge in [0.25, 0.3) is 0 Å². The highest BCUT2D eigenvalue weighted by Gasteiger charge is 2.14. The van der Waals surface area contributed by atoms with Crippen LogP contribution in [0.1, 0.15) is 12.6 Å². The Morgan fingerprint density at radius 2 is 2.56 bits per heavy atom. The summed E-state index contributed by atoms with van der Waals surface area (Å²) >= 11 is 7.38. The minimum atomic E-state index is -0.666. The number of aromatic nitrogens is 2. The molecule has 2 heterocycles. The summed E-state index contributed by atoms with van der Waals surface area (Å²) < 4.78 is 6.49. The summed E-state index contributed by atoms with van der Waals surface area (Å²) in [6.45, 7) is 1.89. The number of carbonyl (C=O) groups is 1. The molecule has 18 heavy (non-hydrogen) atoms. The van der Waals surface area contributed by atoms with E-state index in [0.29, 0.717) is 10.7 Å². The summed E-state index contributed by atoms with van der Waals surface area (Å²) in [5.41, 5.74) is 0.393. The van der Waals surface area contributed by atoms with Crippen molar-refractivity contribution in [2.24, 2.45) is 0 Å². The largest absolute Gasteiger partial charge is 0.462 e. The van der Waals surface area contributed by atoms with Crippen LogP contribution in [0.25, 0.3) is 11.0 Å². The van der Waals surface area contributed by atoms with Crippen molar-refractivity contribution in [2.75, 3.05) is 6.61 Å². The number of nitriles is 1. The molecule has 0 saturated heterocycles. The zero-order valence-corrected chi connectivity index (χ0v) is 11.0. The van der Waals surface area contributed by atoms with Gasteiger partial charge in [-0.2, -0.15) is 5.26 Å². The van der Waals surface area contributed by atoms with E-state index in [2.05, 4.69) is 4.98 Å². The Labute approximate surface area is 112 Å². The molecule has 0 amide bonds. The predicted molar refractivity (Wildman–Crippen MR) is 68.3 cm³/mol. The summed E-state index contributed by atoms with van der Waals surface area (Å²) in [4.78, 5) is 16.3. The average molecular weight is 282 g/mol. The summed E-state index contributed by atoms with van der Waals surface area (Å²) in [5, 5.41) is 11.0. The molecule has 0 bridgehead atoms. The number of halogens is 1. The van der Waals surface area contributed by atoms with Gasteiger partial charge in [-0.25, -0.2) is 9.78 Å². The van der Waals surface area contributed by atoms with Crippen molar-refractivity contribution < 1.29 is 9.53 Å². The lowest BCUT2D eigenvalue weighted by molar-refractivity contribution is -0.137. The van der Waals surface area contributed by atoms with Gasteiger partial charge >= 0.3 is 5.97 Å². The van der Waals surface area contributed by atoms with E-state index in [1.54, 1.807) is 23.6 Å². The lowest BCUT2D eigenvalue weighted by atomic mass is 10.2. The highest BCUT2D eigenvalue weighted by atomic mass is 35.5. The number of nitrogens with zero attached hydrogens (tertiary/aromatic N) is 3. The zero-order chi connectivity index (χ0) is 13.1. The number of hydrogen-bond donors (Lipinski definition) is 0. The molecule has 7 heteroatoms. The van der Waals surface area contributed by atoms with Crippen molar-refractivity contribution in [1.29, 1.82) is 5.26 Å². The second kappa shape index (κ2) is 5.21. The Morgan fingerprint density at radius 1 is 1.78 bits per heavy atom. The summed E-state index contributed by atoms with van der Waals surface area (Å²) in [5.74, 6) is -0.666. The number of rotatable bonds is 3. The Kier molecular flexibility index (Phi) is 3.65. The first kappa shape index (κ1) is 12.6. The minimum Gasteiger partial charge on any atom is -0.462 e. The molecule has 2 aromatic rings. The van der Waals surface area contributed by atoms with Gasteiger partial charge in [0, 0.05) is 11.6 Å². The highest BCUT2D eigenvalue weighted by Crippen LogP contribution is 2.23. The van der Waals surface area contributed by atoms with Crippen LogP contribution in [0.4, 0.5) is 0 Å². The standard InChI is InChI=1S/C11H8ClN3O2S/c1-2-17-10(16)7(6-13)5-8-9(12)14-11-15(8)3-4-18-11/h3-5H,2H2,1H3/b7-5-. The fourth-order valence-corrected chi connectivity index (χ4v) is 2.39. The van der Waals surface area contributed by atoms with Gasteiger partial charge in [-0.1, -0.05) is 11.6 Å². The second-order valence-electron chi connectivity index (χ2n) is 3.23. The smallest absolute Gasteiger partial charge is 0.348 e. The summed E-state index contributed by atoms with van der Waals surface area (Å²) in [6, 6.07) is 1.80. The first-order chi connectivity index (χ1) is 8.67. The second-order valence-corrected chi connectivity index (χ2v) is 4.46. The van der Waals surface area contributed by atoms with E-state index in [4.69, 9.17) is 21.6 Å². The van der Waals surface area contributed by atoms with Gasteiger partial charge in [-0.15, -0.1) is 11.3 Å². The lowest BCUT2D eigenvalue weighted by Crippen LogP contribution is -2.06. The topological polar surface area (TPSA) is 67.4 Å². The Hall–Kier alpha value is -1.84. The number of esters is 1. The number of hydrogen-bond acceptors (Lipinski definition) is 5. The van der Waals surface area contributed by atoms with Gasteiger partial charge in [0.15, 0.2) is 10.1 Å². The molecule has 0 unspecified atom stereocenters. The Bertz CT molecular complexity index is 665. The molecular weight excluding hydrogens is 274 g/mol. The van der Waals surface area contributed by atoms with Crippen molar-refractivity contribution in [3.05, 3.63) is 28.0 Å². The van der Waals surface area contributed by atoms with Crippen LogP contribution in [0, 0.1) is 11.3 Å². The maximum absolute atomic E-state index is 11.5. The van der Waals surface area contributed by atoms with Crippen LogP contribution < -0.4 is 0 Å². The van der Waals surface area contributed by atoms with Crippen LogP contribution >= 0.6 is 22.9 Å². The summed E-state index contributed by atoms with van der Waals surface area (Å²) in [6.07, 6.45) is 3.15. The normalized spacial score (nSPS) is 11.5. The van der Waals surface area contributed by atoms with Crippen molar-refractivity contribution >= 4 is 39.9 Å². The molecule has 92 valence electrons. The SMILES string of the molecule is CCOC(=O)/C(C#N)=C\c1c(Cl)nc2sccn12. The number of imidazole rings is 1. The molecule has 0 radical (unpaired) electrons. The maximum Gasteiger partial charge on any atom is 0.348 e. The van der Waals surface area contributed by atoms with Crippen LogP contribution in [-0.4, -0.2) is 22.0 Å². The molecule has 0 saturated carbocycles. The Balaban J connectivity index is 2.47. The van der Waals surface area contributed by atoms with E-state index < -0.39 is 5.97 Å². The van der Waals surface area contributed by atoms with Crippen molar-refractivity contribution in [3.8, 4) is 6.07 Å². The van der Waals surface area contributed by atoms with Crippen molar-refractivity contribution in [2.45, 2.75) is 6.92 Å². The van der Waals surface area contributed by atoms with E-state index in [1.165, 1.54) is 17.4 Å². The molecule has 0 spiro atoms. The number of carbonyl (C=O) groups excluding carboxylic acids is 1. The zero-order valence-electron chi connectivity index (χ0n) is 9.38. The number of ether oxygens (including phenoxy) is 1. The molecule has 0 fully saturated rings. The Morgan fingerprint density at radius 3 is 3.22 bits per heavy atom. The highest BCUT2D eigenvalue weighted by molar-refractivity contribution is 7.15. The molecule has 0 N–H and O–H groups in total. The van der Waals surface area contributed by atoms with Crippen LogP contribution in [0.3, 0.4) is 0 Å². The van der Waals surface area contributed by atoms with Crippen LogP contribution in [0.2, 0.25) is 5.15 Å². The summed E-state index contributed by atoms with van der Waals surface area (Å²) in [7, 11) is 0. The number of fused-ring (bicyclic) bond motifs is 1. The third-order valence-electron chi connectivity index (χ3n) is 2.15. The average Bonchev–Trinajstić information content (AvgIpc) is 2.88. The van der Waals surface area contributed by atoms with Crippen molar-refractivity contribution in [1.82, 2.24) is 9.38 Å². The van der Waals surface area contributed by atoms with Gasteiger partial charge < -0.3 is 4.74 Å². The van der Waals surface area contributed by atoms with E-state index in [0.717, 1.165) is 0 Å². The monoisotopic (exact) mass is 281 g/mol. The minimum absolute atomic E-state index is 0.105. The first-order valence-corrected chi connectivity index (χ1v) is 6.33. The maximum atomic E-state index is 11.5. The van der Waals surface area contributed by atoms with E-state index in [1.807, 2.05) is 5.38 Å². The predicted octanol–water partition coefficient (Wildman–Crippen LogP) is 2.52. The third-order valence-corrected chi connectivity index (χ3v) is 3.19. The van der Waals surface area contributed by atoms with E-state index >= 15 is 0 Å². The van der Waals surface area contributed by atoms with Gasteiger partial charge in [-0.3, -0.25) is 4.40 Å².